The topological polar surface area (TPSA) is 44.0 Å². The van der Waals surface area contributed by atoms with Crippen molar-refractivity contribution in [2.24, 2.45) is 0 Å². The maximum Gasteiger partial charge on any atom is 0.316 e. The average Bonchev–Trinajstić information content (AvgIpc) is 2.36. The largest absolute Gasteiger partial charge is 0.316 e. The molecule has 98 valence electrons. The smallest absolute Gasteiger partial charge is 0.306 e. The van der Waals surface area contributed by atoms with E-state index in [0.29, 0.717) is 6.54 Å². The van der Waals surface area contributed by atoms with Gasteiger partial charge in [-0.25, -0.2) is 0 Å². The Bertz CT molecular complexity index is 548. The van der Waals surface area contributed by atoms with Crippen LogP contribution in [0.4, 0.5) is 0 Å². The van der Waals surface area contributed by atoms with Crippen molar-refractivity contribution < 1.29 is 0 Å². The van der Waals surface area contributed by atoms with Crippen LogP contribution in [0.3, 0.4) is 0 Å². The highest BCUT2D eigenvalue weighted by molar-refractivity contribution is 4.95. The van der Waals surface area contributed by atoms with E-state index in [9.17, 15) is 9.59 Å². The lowest BCUT2D eigenvalue weighted by atomic mass is 9.95. The van der Waals surface area contributed by atoms with E-state index in [1.54, 1.807) is 17.0 Å². The van der Waals surface area contributed by atoms with Crippen molar-refractivity contribution in [1.29, 1.82) is 0 Å². The number of hydrogen-bond donors (Lipinski definition) is 0. The molecule has 1 heterocycles. The molecule has 1 aliphatic rings. The van der Waals surface area contributed by atoms with E-state index in [2.05, 4.69) is 6.58 Å². The molecule has 1 aromatic rings. The van der Waals surface area contributed by atoms with Gasteiger partial charge in [0.15, 0.2) is 0 Å². The number of rotatable bonds is 3. The van der Waals surface area contributed by atoms with Gasteiger partial charge in [-0.1, -0.05) is 31.4 Å². The van der Waals surface area contributed by atoms with E-state index in [-0.39, 0.29) is 6.04 Å². The van der Waals surface area contributed by atoms with Crippen molar-refractivity contribution >= 4 is 0 Å². The van der Waals surface area contributed by atoms with E-state index in [1.165, 1.54) is 11.0 Å². The summed E-state index contributed by atoms with van der Waals surface area (Å²) < 4.78 is 3.06. The predicted molar refractivity (Wildman–Crippen MR) is 71.9 cm³/mol. The molecule has 0 bridgehead atoms. The first-order valence-corrected chi connectivity index (χ1v) is 6.55. The third-order valence-corrected chi connectivity index (χ3v) is 3.49. The van der Waals surface area contributed by atoms with Gasteiger partial charge in [0.05, 0.1) is 0 Å². The lowest BCUT2D eigenvalue weighted by Crippen LogP contribution is -2.42. The first kappa shape index (κ1) is 12.9. The Morgan fingerprint density at radius 1 is 1.22 bits per heavy atom. The third-order valence-electron chi connectivity index (χ3n) is 3.49. The van der Waals surface area contributed by atoms with Crippen molar-refractivity contribution in [2.45, 2.75) is 51.6 Å². The van der Waals surface area contributed by atoms with Crippen molar-refractivity contribution in [1.82, 2.24) is 9.13 Å². The minimum atomic E-state index is -0.439. The predicted octanol–water partition coefficient (Wildman–Crippen LogP) is 2.09. The molecule has 0 aliphatic heterocycles. The second kappa shape index (κ2) is 5.38. The Morgan fingerprint density at radius 3 is 2.50 bits per heavy atom. The van der Waals surface area contributed by atoms with Gasteiger partial charge in [-0.2, -0.15) is 0 Å². The van der Waals surface area contributed by atoms with Crippen LogP contribution in [-0.2, 0) is 6.54 Å². The van der Waals surface area contributed by atoms with Gasteiger partial charge in [0, 0.05) is 25.0 Å². The Kier molecular flexibility index (Phi) is 3.84. The fourth-order valence-electron chi connectivity index (χ4n) is 2.58. The Morgan fingerprint density at radius 2 is 1.89 bits per heavy atom. The van der Waals surface area contributed by atoms with Crippen molar-refractivity contribution in [3.63, 3.8) is 0 Å². The normalized spacial score (nSPS) is 16.7. The summed E-state index contributed by atoms with van der Waals surface area (Å²) in [6, 6.07) is 0.207. The molecule has 1 saturated carbocycles. The van der Waals surface area contributed by atoms with Crippen molar-refractivity contribution in [2.75, 3.05) is 0 Å². The molecule has 2 rings (SSSR count). The zero-order chi connectivity index (χ0) is 13.1. The molecule has 0 atom stereocenters. The quantitative estimate of drug-likeness (QED) is 0.607. The number of aromatic nitrogens is 2. The fourth-order valence-corrected chi connectivity index (χ4v) is 2.58. The molecule has 0 saturated heterocycles. The van der Waals surface area contributed by atoms with Crippen LogP contribution in [0.1, 0.15) is 45.1 Å². The van der Waals surface area contributed by atoms with Crippen molar-refractivity contribution in [3.8, 4) is 0 Å². The molecule has 1 fully saturated rings. The molecule has 1 aromatic heterocycles. The van der Waals surface area contributed by atoms with Crippen LogP contribution in [-0.4, -0.2) is 9.13 Å². The summed E-state index contributed by atoms with van der Waals surface area (Å²) in [5.41, 5.74) is 0.0311. The molecule has 0 aromatic carbocycles. The first-order valence-electron chi connectivity index (χ1n) is 6.55. The minimum Gasteiger partial charge on any atom is -0.306 e. The summed E-state index contributed by atoms with van der Waals surface area (Å²) >= 11 is 0. The monoisotopic (exact) mass is 248 g/mol. The molecule has 0 N–H and O–H groups in total. The van der Waals surface area contributed by atoms with Gasteiger partial charge in [-0.3, -0.25) is 9.59 Å². The highest BCUT2D eigenvalue weighted by Gasteiger charge is 2.17. The second-order valence-electron chi connectivity index (χ2n) is 5.19. The summed E-state index contributed by atoms with van der Waals surface area (Å²) in [6.07, 6.45) is 8.99. The summed E-state index contributed by atoms with van der Waals surface area (Å²) in [7, 11) is 0. The second-order valence-corrected chi connectivity index (χ2v) is 5.19. The first-order chi connectivity index (χ1) is 8.59. The Labute approximate surface area is 107 Å². The fraction of sp³-hybridized carbons (Fsp3) is 0.571. The van der Waals surface area contributed by atoms with E-state index >= 15 is 0 Å². The van der Waals surface area contributed by atoms with Gasteiger partial charge in [0.2, 0.25) is 0 Å². The van der Waals surface area contributed by atoms with Crippen LogP contribution in [0.15, 0.2) is 34.1 Å². The van der Waals surface area contributed by atoms with E-state index < -0.39 is 11.1 Å². The van der Waals surface area contributed by atoms with Crippen LogP contribution < -0.4 is 11.1 Å². The molecule has 0 unspecified atom stereocenters. The van der Waals surface area contributed by atoms with Gasteiger partial charge in [0.1, 0.15) is 0 Å². The molecule has 0 spiro atoms. The van der Waals surface area contributed by atoms with Gasteiger partial charge in [-0.15, -0.1) is 0 Å². The highest BCUT2D eigenvalue weighted by atomic mass is 16.2. The van der Waals surface area contributed by atoms with E-state index in [4.69, 9.17) is 0 Å². The standard InChI is InChI=1S/C14H20N2O2/c1-11(2)10-15-8-9-16(14(18)13(15)17)12-6-4-3-5-7-12/h8-9,12H,1,3-7,10H2,2H3. The molecular weight excluding hydrogens is 228 g/mol. The van der Waals surface area contributed by atoms with Crippen LogP contribution in [0.5, 0.6) is 0 Å². The van der Waals surface area contributed by atoms with Crippen LogP contribution in [0.2, 0.25) is 0 Å². The molecule has 1 aliphatic carbocycles. The number of hydrogen-bond acceptors (Lipinski definition) is 2. The van der Waals surface area contributed by atoms with Gasteiger partial charge in [0.25, 0.3) is 0 Å². The Balaban J connectivity index is 2.34. The molecule has 0 radical (unpaired) electrons. The van der Waals surface area contributed by atoms with Crippen LogP contribution >= 0.6 is 0 Å². The summed E-state index contributed by atoms with van der Waals surface area (Å²) in [5, 5.41) is 0. The molecular formula is C14H20N2O2. The molecule has 0 amide bonds. The SMILES string of the molecule is C=C(C)Cn1ccn(C2CCCCC2)c(=O)c1=O. The van der Waals surface area contributed by atoms with E-state index in [0.717, 1.165) is 31.3 Å². The zero-order valence-electron chi connectivity index (χ0n) is 10.9. The highest BCUT2D eigenvalue weighted by Crippen LogP contribution is 2.26. The van der Waals surface area contributed by atoms with Crippen LogP contribution in [0.25, 0.3) is 0 Å². The van der Waals surface area contributed by atoms with Gasteiger partial charge < -0.3 is 9.13 Å². The maximum absolute atomic E-state index is 12.1. The van der Waals surface area contributed by atoms with Gasteiger partial charge in [-0.05, 0) is 19.8 Å². The third kappa shape index (κ3) is 2.63. The summed E-state index contributed by atoms with van der Waals surface area (Å²) in [6.45, 7) is 6.03. The minimum absolute atomic E-state index is 0.207. The lowest BCUT2D eigenvalue weighted by Gasteiger charge is -2.23. The summed E-state index contributed by atoms with van der Waals surface area (Å²) in [4.78, 5) is 24.0. The van der Waals surface area contributed by atoms with Crippen LogP contribution in [0, 0.1) is 0 Å². The summed E-state index contributed by atoms with van der Waals surface area (Å²) in [5.74, 6) is 0. The Hall–Kier alpha value is -1.58. The number of allylic oxidation sites excluding steroid dienone is 1. The van der Waals surface area contributed by atoms with Crippen molar-refractivity contribution in [3.05, 3.63) is 45.3 Å². The molecule has 4 heteroatoms. The molecule has 4 nitrogen and oxygen atoms in total. The number of nitrogens with zero attached hydrogens (tertiary/aromatic N) is 2. The maximum atomic E-state index is 12.1. The molecule has 18 heavy (non-hydrogen) atoms. The average molecular weight is 248 g/mol. The van der Waals surface area contributed by atoms with Gasteiger partial charge >= 0.3 is 11.1 Å². The van der Waals surface area contributed by atoms with E-state index in [1.807, 2.05) is 6.92 Å². The lowest BCUT2D eigenvalue weighted by molar-refractivity contribution is 0.342. The zero-order valence-corrected chi connectivity index (χ0v) is 10.9.